The Labute approximate surface area is 120 Å². The van der Waals surface area contributed by atoms with Crippen LogP contribution in [0, 0.1) is 0 Å². The van der Waals surface area contributed by atoms with E-state index in [0.717, 1.165) is 19.3 Å². The molecule has 0 bridgehead atoms. The summed E-state index contributed by atoms with van der Waals surface area (Å²) in [5.74, 6) is -1.50. The van der Waals surface area contributed by atoms with Gasteiger partial charge in [-0.2, -0.15) is 13.2 Å². The van der Waals surface area contributed by atoms with Crippen LogP contribution in [0.15, 0.2) is 0 Å². The van der Waals surface area contributed by atoms with Gasteiger partial charge in [0.1, 0.15) is 13.1 Å². The standard InChI is InChI=1S/C12H19F3N2O4/c13-12(14,15)8-17(7-10(18)19)11(20)16-5-4-9-3-1-2-6-21-9/h9H,1-8H2,(H,16,20)(H,18,19). The quantitative estimate of drug-likeness (QED) is 0.781. The van der Waals surface area contributed by atoms with Gasteiger partial charge >= 0.3 is 18.2 Å². The maximum Gasteiger partial charge on any atom is 0.406 e. The number of rotatable bonds is 6. The first kappa shape index (κ1) is 17.5. The molecule has 6 nitrogen and oxygen atoms in total. The number of carboxylic acids is 1. The summed E-state index contributed by atoms with van der Waals surface area (Å²) in [5.41, 5.74) is 0. The van der Waals surface area contributed by atoms with Crippen LogP contribution in [0.3, 0.4) is 0 Å². The number of hydrogen-bond acceptors (Lipinski definition) is 3. The smallest absolute Gasteiger partial charge is 0.406 e. The summed E-state index contributed by atoms with van der Waals surface area (Å²) >= 11 is 0. The fourth-order valence-electron chi connectivity index (χ4n) is 2.07. The molecule has 0 radical (unpaired) electrons. The molecule has 122 valence electrons. The van der Waals surface area contributed by atoms with Gasteiger partial charge in [-0.1, -0.05) is 0 Å². The van der Waals surface area contributed by atoms with Gasteiger partial charge in [0.2, 0.25) is 0 Å². The van der Waals surface area contributed by atoms with Crippen molar-refractivity contribution in [3.63, 3.8) is 0 Å². The molecule has 0 aromatic heterocycles. The van der Waals surface area contributed by atoms with Crippen molar-refractivity contribution in [1.82, 2.24) is 10.2 Å². The van der Waals surface area contributed by atoms with E-state index in [-0.39, 0.29) is 17.5 Å². The number of urea groups is 1. The Kier molecular flexibility index (Phi) is 6.73. The predicted molar refractivity (Wildman–Crippen MR) is 66.9 cm³/mol. The zero-order chi connectivity index (χ0) is 15.9. The number of amides is 2. The molecule has 1 aliphatic rings. The van der Waals surface area contributed by atoms with Gasteiger partial charge < -0.3 is 20.1 Å². The van der Waals surface area contributed by atoms with Gasteiger partial charge in [-0.05, 0) is 25.7 Å². The van der Waals surface area contributed by atoms with Gasteiger partial charge in [0.05, 0.1) is 6.10 Å². The molecule has 0 saturated carbocycles. The maximum atomic E-state index is 12.3. The molecule has 9 heteroatoms. The number of ether oxygens (including phenoxy) is 1. The van der Waals surface area contributed by atoms with Gasteiger partial charge in [-0.15, -0.1) is 0 Å². The van der Waals surface area contributed by atoms with Crippen molar-refractivity contribution < 1.29 is 32.6 Å². The van der Waals surface area contributed by atoms with Crippen LogP contribution in [0.2, 0.25) is 0 Å². The zero-order valence-corrected chi connectivity index (χ0v) is 11.5. The number of halogens is 3. The summed E-state index contributed by atoms with van der Waals surface area (Å²) in [6.45, 7) is -1.79. The van der Waals surface area contributed by atoms with Crippen molar-refractivity contribution in [3.8, 4) is 0 Å². The summed E-state index contributed by atoms with van der Waals surface area (Å²) in [4.78, 5) is 22.3. The molecule has 1 rings (SSSR count). The number of hydrogen-bond donors (Lipinski definition) is 2. The van der Waals surface area contributed by atoms with Gasteiger partial charge in [-0.3, -0.25) is 4.79 Å². The molecule has 2 amide bonds. The van der Waals surface area contributed by atoms with Crippen LogP contribution in [0.4, 0.5) is 18.0 Å². The molecule has 1 unspecified atom stereocenters. The van der Waals surface area contributed by atoms with Gasteiger partial charge in [0.15, 0.2) is 0 Å². The number of alkyl halides is 3. The number of nitrogens with one attached hydrogen (secondary N) is 1. The topological polar surface area (TPSA) is 78.9 Å². The van der Waals surface area contributed by atoms with Crippen molar-refractivity contribution in [2.24, 2.45) is 0 Å². The van der Waals surface area contributed by atoms with Crippen molar-refractivity contribution in [2.75, 3.05) is 26.2 Å². The van der Waals surface area contributed by atoms with Crippen LogP contribution in [-0.2, 0) is 9.53 Å². The number of aliphatic carboxylic acids is 1. The van der Waals surface area contributed by atoms with E-state index in [9.17, 15) is 22.8 Å². The Morgan fingerprint density at radius 3 is 2.57 bits per heavy atom. The lowest BCUT2D eigenvalue weighted by atomic mass is 10.1. The van der Waals surface area contributed by atoms with Gasteiger partial charge in [-0.25, -0.2) is 4.79 Å². The summed E-state index contributed by atoms with van der Waals surface area (Å²) in [6, 6.07) is -1.04. The lowest BCUT2D eigenvalue weighted by molar-refractivity contribution is -0.149. The molecule has 2 N–H and O–H groups in total. The highest BCUT2D eigenvalue weighted by molar-refractivity contribution is 5.80. The number of carbonyl (C=O) groups excluding carboxylic acids is 1. The van der Waals surface area contributed by atoms with E-state index in [1.807, 2.05) is 0 Å². The Morgan fingerprint density at radius 2 is 2.05 bits per heavy atom. The number of carboxylic acid groups (broad SMARTS) is 1. The first-order valence-corrected chi connectivity index (χ1v) is 6.71. The molecule has 1 heterocycles. The molecular formula is C12H19F3N2O4. The van der Waals surface area contributed by atoms with E-state index in [1.165, 1.54) is 0 Å². The Balaban J connectivity index is 2.38. The van der Waals surface area contributed by atoms with E-state index in [1.54, 1.807) is 0 Å². The normalized spacial score (nSPS) is 19.1. The lowest BCUT2D eigenvalue weighted by Gasteiger charge is -2.25. The first-order chi connectivity index (χ1) is 9.78. The first-order valence-electron chi connectivity index (χ1n) is 6.71. The fourth-order valence-corrected chi connectivity index (χ4v) is 2.07. The van der Waals surface area contributed by atoms with Crippen LogP contribution >= 0.6 is 0 Å². The summed E-state index contributed by atoms with van der Waals surface area (Å²) in [5, 5.41) is 10.9. The molecule has 1 atom stereocenters. The minimum atomic E-state index is -4.64. The maximum absolute atomic E-state index is 12.3. The number of carbonyl (C=O) groups is 2. The highest BCUT2D eigenvalue weighted by Gasteiger charge is 2.34. The second-order valence-corrected chi connectivity index (χ2v) is 4.87. The van der Waals surface area contributed by atoms with Crippen molar-refractivity contribution in [3.05, 3.63) is 0 Å². The summed E-state index contributed by atoms with van der Waals surface area (Å²) in [7, 11) is 0. The minimum absolute atomic E-state index is 0.00501. The van der Waals surface area contributed by atoms with E-state index in [4.69, 9.17) is 9.84 Å². The second kappa shape index (κ2) is 8.06. The van der Waals surface area contributed by atoms with Crippen molar-refractivity contribution >= 4 is 12.0 Å². The van der Waals surface area contributed by atoms with Crippen LogP contribution in [0.5, 0.6) is 0 Å². The molecule has 1 fully saturated rings. The lowest BCUT2D eigenvalue weighted by Crippen LogP contribution is -2.47. The predicted octanol–water partition coefficient (Wildman–Crippen LogP) is 1.60. The van der Waals surface area contributed by atoms with Crippen LogP contribution in [0.1, 0.15) is 25.7 Å². The average Bonchev–Trinajstić information content (AvgIpc) is 2.37. The third kappa shape index (κ3) is 7.74. The third-order valence-electron chi connectivity index (χ3n) is 3.00. The van der Waals surface area contributed by atoms with E-state index in [0.29, 0.717) is 13.0 Å². The minimum Gasteiger partial charge on any atom is -0.480 e. The van der Waals surface area contributed by atoms with Gasteiger partial charge in [0, 0.05) is 13.2 Å². The fraction of sp³-hybridized carbons (Fsp3) is 0.833. The van der Waals surface area contributed by atoms with E-state index < -0.39 is 31.3 Å². The van der Waals surface area contributed by atoms with E-state index >= 15 is 0 Å². The summed E-state index contributed by atoms with van der Waals surface area (Å²) in [6.07, 6.45) is -1.27. The SMILES string of the molecule is O=C(O)CN(CC(F)(F)F)C(=O)NCCC1CCCCO1. The Bertz CT molecular complexity index is 357. The van der Waals surface area contributed by atoms with Crippen LogP contribution in [0.25, 0.3) is 0 Å². The second-order valence-electron chi connectivity index (χ2n) is 4.87. The Hall–Kier alpha value is -1.51. The molecule has 1 aliphatic heterocycles. The molecule has 0 spiro atoms. The Morgan fingerprint density at radius 1 is 1.33 bits per heavy atom. The highest BCUT2D eigenvalue weighted by Crippen LogP contribution is 2.17. The van der Waals surface area contributed by atoms with Crippen molar-refractivity contribution in [2.45, 2.75) is 38.0 Å². The highest BCUT2D eigenvalue weighted by atomic mass is 19.4. The van der Waals surface area contributed by atoms with Crippen LogP contribution < -0.4 is 5.32 Å². The van der Waals surface area contributed by atoms with E-state index in [2.05, 4.69) is 5.32 Å². The largest absolute Gasteiger partial charge is 0.480 e. The molecule has 1 saturated heterocycles. The monoisotopic (exact) mass is 312 g/mol. The molecular weight excluding hydrogens is 293 g/mol. The molecule has 21 heavy (non-hydrogen) atoms. The number of nitrogens with zero attached hydrogens (tertiary/aromatic N) is 1. The molecule has 0 aromatic carbocycles. The van der Waals surface area contributed by atoms with Crippen molar-refractivity contribution in [1.29, 1.82) is 0 Å². The summed E-state index contributed by atoms with van der Waals surface area (Å²) < 4.78 is 42.3. The zero-order valence-electron chi connectivity index (χ0n) is 11.5. The third-order valence-corrected chi connectivity index (χ3v) is 3.00. The molecule has 0 aromatic rings. The van der Waals surface area contributed by atoms with Gasteiger partial charge in [0.25, 0.3) is 0 Å². The van der Waals surface area contributed by atoms with Crippen LogP contribution in [-0.4, -0.2) is 60.5 Å². The average molecular weight is 312 g/mol. The molecule has 0 aliphatic carbocycles.